The third-order valence-corrected chi connectivity index (χ3v) is 17.0. The van der Waals surface area contributed by atoms with Gasteiger partial charge in [0.15, 0.2) is 23.7 Å². The highest BCUT2D eigenvalue weighted by Crippen LogP contribution is 2.50. The standard InChI is InChI=1S/C68H81N3O9/c1-6-8-9-19-53-45(17-13-20-60(53)71-68(69)70-4)15-10-11-16-46-35-48-24-27-52(47-18-12-14-43(33-47)29-31-78-7-2)55-30-32-79-51(36-49(46)37-61(48)73)38-50(72)25-22-44-23-28-63(77-5)64(34-44)80-41-59-54-26-21-42(3)56-40-62(74)66(55)58(65(54)56)39-57(59)67(75)76/h12-14,17-18,20-21,23,26,28,33-35,37,39-40,42,46,49,51-52,55,67,73-76H,6-11,15-16,19,22,24-25,27,29,31,36,38,41H2,1-5H3,(H3,69,70,71)/t42-,46-,49-,51-,52+,55+/m0/s1. The zero-order valence-corrected chi connectivity index (χ0v) is 47.4. The summed E-state index contributed by atoms with van der Waals surface area (Å²) in [6.45, 7) is 7.43. The van der Waals surface area contributed by atoms with E-state index < -0.39 is 18.3 Å². The Hall–Kier alpha value is -7.04. The average Bonchev–Trinajstić information content (AvgIpc) is 3.48. The third-order valence-electron chi connectivity index (χ3n) is 17.0. The molecular weight excluding hydrogens is 1000 g/mol. The number of carbonyl (C=O) groups is 1. The maximum Gasteiger partial charge on any atom is 0.192 e. The minimum absolute atomic E-state index is 0.0174. The van der Waals surface area contributed by atoms with Crippen LogP contribution in [0.15, 0.2) is 107 Å². The molecule has 6 aliphatic rings. The van der Waals surface area contributed by atoms with E-state index in [2.05, 4.69) is 90.8 Å². The van der Waals surface area contributed by atoms with E-state index >= 15 is 0 Å². The Labute approximate surface area is 472 Å². The number of ketones is 1. The van der Waals surface area contributed by atoms with Crippen molar-refractivity contribution in [1.82, 2.24) is 0 Å². The summed E-state index contributed by atoms with van der Waals surface area (Å²) < 4.78 is 24.9. The molecule has 10 bridgehead atoms. The van der Waals surface area contributed by atoms with Gasteiger partial charge in [0.2, 0.25) is 0 Å². The Bertz CT molecular complexity index is 3220. The minimum Gasteiger partial charge on any atom is -0.508 e. The molecule has 80 heavy (non-hydrogen) atoms. The molecule has 0 radical (unpaired) electrons. The summed E-state index contributed by atoms with van der Waals surface area (Å²) in [5.74, 6) is 3.94. The molecule has 4 heterocycles. The van der Waals surface area contributed by atoms with Gasteiger partial charge in [0, 0.05) is 60.7 Å². The molecule has 11 rings (SSSR count). The van der Waals surface area contributed by atoms with Gasteiger partial charge in [0.1, 0.15) is 36.1 Å². The van der Waals surface area contributed by atoms with Crippen LogP contribution >= 0.6 is 0 Å². The average molecular weight is 1080 g/mol. The van der Waals surface area contributed by atoms with Gasteiger partial charge in [-0.15, -0.1) is 0 Å². The number of anilines is 1. The number of phenols is 1. The van der Waals surface area contributed by atoms with Gasteiger partial charge in [-0.3, -0.25) is 9.79 Å². The van der Waals surface area contributed by atoms with Crippen LogP contribution in [0.4, 0.5) is 5.69 Å². The highest BCUT2D eigenvalue weighted by atomic mass is 16.5. The fourth-order valence-corrected chi connectivity index (χ4v) is 12.7. The summed E-state index contributed by atoms with van der Waals surface area (Å²) in [6.07, 6.45) is 20.0. The largest absolute Gasteiger partial charge is 0.508 e. The lowest BCUT2D eigenvalue weighted by atomic mass is 9.73. The van der Waals surface area contributed by atoms with Gasteiger partial charge in [-0.1, -0.05) is 99.7 Å². The van der Waals surface area contributed by atoms with Gasteiger partial charge < -0.3 is 50.4 Å². The number of aliphatic hydroxyl groups is 3. The number of unbranched alkanes of at least 4 members (excludes halogenated alkanes) is 3. The zero-order chi connectivity index (χ0) is 56.3. The van der Waals surface area contributed by atoms with Gasteiger partial charge >= 0.3 is 0 Å². The summed E-state index contributed by atoms with van der Waals surface area (Å²) in [5, 5.41) is 52.3. The number of nitrogens with two attached hydrogens (primary N) is 1. The second-order valence-electron chi connectivity index (χ2n) is 22.2. The number of benzene rings is 5. The number of aryl methyl sites for hydroxylation is 2. The first kappa shape index (κ1) is 57.6. The highest BCUT2D eigenvalue weighted by molar-refractivity contribution is 6.01. The van der Waals surface area contributed by atoms with E-state index in [1.807, 2.05) is 43.3 Å². The Balaban J connectivity index is 1.16. The number of rotatable bonds is 17. The van der Waals surface area contributed by atoms with Crippen molar-refractivity contribution in [1.29, 1.82) is 0 Å². The number of aromatic hydroxyl groups is 1. The van der Waals surface area contributed by atoms with E-state index in [0.29, 0.717) is 79.3 Å². The van der Waals surface area contributed by atoms with Crippen LogP contribution in [0, 0.1) is 23.9 Å². The number of phenolic OH excluding ortho intramolecular Hbond substituents is 1. The summed E-state index contributed by atoms with van der Waals surface area (Å²) in [6, 6.07) is 24.2. The van der Waals surface area contributed by atoms with E-state index in [1.54, 1.807) is 20.2 Å². The van der Waals surface area contributed by atoms with Crippen molar-refractivity contribution in [3.63, 3.8) is 0 Å². The van der Waals surface area contributed by atoms with Crippen molar-refractivity contribution in [2.24, 2.45) is 22.6 Å². The number of guanidine groups is 1. The minimum atomic E-state index is -1.89. The number of hydrogen-bond acceptors (Lipinski definition) is 10. The molecule has 0 spiro atoms. The Morgan fingerprint density at radius 2 is 1.79 bits per heavy atom. The monoisotopic (exact) mass is 1080 g/mol. The van der Waals surface area contributed by atoms with Gasteiger partial charge in [-0.25, -0.2) is 0 Å². The lowest BCUT2D eigenvalue weighted by Crippen LogP contribution is -2.25. The number of hydrogen-bond donors (Lipinski definition) is 6. The topological polar surface area (TPSA) is 185 Å². The van der Waals surface area contributed by atoms with Crippen LogP contribution in [0.1, 0.15) is 171 Å². The van der Waals surface area contributed by atoms with Crippen LogP contribution < -0.4 is 20.5 Å². The maximum atomic E-state index is 14.3. The fraction of sp³-hybridized carbons (Fsp3) is 0.441. The Morgan fingerprint density at radius 1 is 0.950 bits per heavy atom. The maximum absolute atomic E-state index is 14.3. The van der Waals surface area contributed by atoms with E-state index in [-0.39, 0.29) is 66.0 Å². The summed E-state index contributed by atoms with van der Waals surface area (Å²) in [7, 11) is 3.27. The first-order valence-electron chi connectivity index (χ1n) is 29.1. The predicted octanol–water partition coefficient (Wildman–Crippen LogP) is 13.2. The van der Waals surface area contributed by atoms with E-state index in [1.165, 1.54) is 11.1 Å². The number of fused-ring (bicyclic) bond motifs is 8. The first-order valence-corrected chi connectivity index (χ1v) is 29.1. The fourth-order valence-electron chi connectivity index (χ4n) is 12.7. The van der Waals surface area contributed by atoms with Gasteiger partial charge in [-0.2, -0.15) is 0 Å². The molecule has 0 saturated heterocycles. The predicted molar refractivity (Wildman–Crippen MR) is 318 cm³/mol. The van der Waals surface area contributed by atoms with Crippen molar-refractivity contribution in [3.05, 3.63) is 158 Å². The normalized spacial score (nSPS) is 21.1. The van der Waals surface area contributed by atoms with Crippen molar-refractivity contribution in [3.8, 4) is 29.3 Å². The van der Waals surface area contributed by atoms with Gasteiger partial charge in [0.05, 0.1) is 19.6 Å². The molecule has 5 aromatic carbocycles. The Morgan fingerprint density at radius 3 is 2.59 bits per heavy atom. The van der Waals surface area contributed by atoms with Crippen LogP contribution in [0.5, 0.6) is 17.2 Å². The summed E-state index contributed by atoms with van der Waals surface area (Å²) in [5.41, 5.74) is 16.6. The molecule has 0 saturated carbocycles. The number of methoxy groups -OCH3 is 1. The van der Waals surface area contributed by atoms with Gasteiger partial charge in [-0.05, 0) is 175 Å². The SMILES string of the molecule is CCCCCc1c(CCCC[C@H]2C=C3CC[C@H](c4cccc(CCOCC)c4)[C@H]4C#CO[C@H](CC(=O)CCc5ccc(OC)c(c5)OCc5c(C(O)O)cc6c4c(O)cc4c6c5C=C[C@@H]4C)C[C@H]2C=C3O)cccc1NC(N)=NC. The number of ether oxygens (including phenoxy) is 4. The number of carbonyl (C=O) groups excluding carboxylic acids is 1. The van der Waals surface area contributed by atoms with Crippen LogP contribution in [0.2, 0.25) is 0 Å². The second-order valence-corrected chi connectivity index (χ2v) is 22.2. The molecule has 422 valence electrons. The smallest absolute Gasteiger partial charge is 0.192 e. The van der Waals surface area contributed by atoms with E-state index in [9.17, 15) is 25.2 Å². The molecule has 12 heteroatoms. The molecule has 6 atom stereocenters. The van der Waals surface area contributed by atoms with Gasteiger partial charge in [0.25, 0.3) is 0 Å². The zero-order valence-electron chi connectivity index (χ0n) is 47.4. The molecule has 0 aromatic heterocycles. The molecule has 5 aromatic rings. The number of nitrogens with one attached hydrogen (secondary N) is 1. The number of aliphatic hydroxyl groups excluding tert-OH is 2. The summed E-state index contributed by atoms with van der Waals surface area (Å²) in [4.78, 5) is 18.5. The lowest BCUT2D eigenvalue weighted by molar-refractivity contribution is -0.121. The molecule has 4 aliphatic heterocycles. The molecular formula is C68H81N3O9. The van der Waals surface area contributed by atoms with Crippen molar-refractivity contribution in [2.75, 3.05) is 32.7 Å². The second kappa shape index (κ2) is 26.9. The number of nitrogens with zero attached hydrogens (tertiary/aromatic N) is 1. The van der Waals surface area contributed by atoms with Crippen molar-refractivity contribution >= 4 is 34.3 Å². The molecule has 12 nitrogen and oxygen atoms in total. The number of Topliss-reactive ketones (excluding diaryl/α,β-unsaturated/α-hetero) is 1. The molecule has 0 fully saturated rings. The first-order chi connectivity index (χ1) is 38.9. The van der Waals surface area contributed by atoms with Crippen LogP contribution in [0.3, 0.4) is 0 Å². The number of aliphatic imine (C=N–C) groups is 1. The van der Waals surface area contributed by atoms with Crippen molar-refractivity contribution in [2.45, 2.75) is 154 Å². The Kier molecular flexibility index (Phi) is 19.4. The quantitative estimate of drug-likeness (QED) is 0.0171. The number of allylic oxidation sites excluding steroid dienone is 4. The molecule has 0 unspecified atom stereocenters. The van der Waals surface area contributed by atoms with Crippen LogP contribution in [-0.4, -0.2) is 65.6 Å². The van der Waals surface area contributed by atoms with Crippen LogP contribution in [-0.2, 0) is 46.6 Å². The summed E-state index contributed by atoms with van der Waals surface area (Å²) >= 11 is 0. The molecule has 7 N–H and O–H groups in total. The van der Waals surface area contributed by atoms with Crippen molar-refractivity contribution < 1.29 is 44.2 Å². The van der Waals surface area contributed by atoms with Crippen LogP contribution in [0.25, 0.3) is 16.8 Å². The lowest BCUT2D eigenvalue weighted by Gasteiger charge is -2.31. The van der Waals surface area contributed by atoms with E-state index in [0.717, 1.165) is 95.8 Å². The molecule has 0 amide bonds. The highest BCUT2D eigenvalue weighted by Gasteiger charge is 2.35. The van der Waals surface area contributed by atoms with E-state index in [4.69, 9.17) is 24.7 Å². The third kappa shape index (κ3) is 13.4. The molecule has 2 aliphatic carbocycles.